The Kier molecular flexibility index (Phi) is 9.09. The van der Waals surface area contributed by atoms with Crippen LogP contribution in [0.1, 0.15) is 51.0 Å². The first-order chi connectivity index (χ1) is 9.36. The third-order valence-corrected chi connectivity index (χ3v) is 3.45. The van der Waals surface area contributed by atoms with E-state index in [1.165, 1.54) is 37.7 Å². The van der Waals surface area contributed by atoms with Crippen LogP contribution in [0.3, 0.4) is 0 Å². The van der Waals surface area contributed by atoms with Crippen molar-refractivity contribution < 1.29 is 4.74 Å². The highest BCUT2D eigenvalue weighted by Gasteiger charge is 2.06. The molecule has 0 aromatic heterocycles. The van der Waals surface area contributed by atoms with Gasteiger partial charge in [-0.15, -0.1) is 0 Å². The fraction of sp³-hybridized carbons (Fsp3) is 0.556. The molecule has 1 heteroatoms. The molecular formula is C18H28O. The molecule has 0 aliphatic carbocycles. The average Bonchev–Trinajstić information content (AvgIpc) is 2.44. The molecule has 0 aliphatic heterocycles. The van der Waals surface area contributed by atoms with E-state index in [2.05, 4.69) is 49.4 Å². The van der Waals surface area contributed by atoms with E-state index in [0.717, 1.165) is 13.0 Å². The molecule has 1 nitrogen and oxygen atoms in total. The first kappa shape index (κ1) is 16.0. The summed E-state index contributed by atoms with van der Waals surface area (Å²) >= 11 is 0. The average molecular weight is 260 g/mol. The highest BCUT2D eigenvalue weighted by atomic mass is 16.5. The Morgan fingerprint density at radius 3 is 2.58 bits per heavy atom. The van der Waals surface area contributed by atoms with Gasteiger partial charge in [-0.05, 0) is 24.3 Å². The number of hydrogen-bond donors (Lipinski definition) is 0. The summed E-state index contributed by atoms with van der Waals surface area (Å²) < 4.78 is 5.33. The minimum absolute atomic E-state index is 0.668. The zero-order chi connectivity index (χ0) is 13.8. The molecule has 0 spiro atoms. The lowest BCUT2D eigenvalue weighted by molar-refractivity contribution is 0.147. The molecule has 1 rings (SSSR count). The molecule has 0 N–H and O–H groups in total. The second-order valence-corrected chi connectivity index (χ2v) is 5.22. The Balaban J connectivity index is 2.30. The fourth-order valence-electron chi connectivity index (χ4n) is 2.33. The van der Waals surface area contributed by atoms with Crippen LogP contribution in [-0.4, -0.2) is 13.7 Å². The van der Waals surface area contributed by atoms with E-state index in [-0.39, 0.29) is 0 Å². The minimum atomic E-state index is 0.668. The number of allylic oxidation sites excluding steroid dienone is 1. The lowest BCUT2D eigenvalue weighted by atomic mass is 9.97. The van der Waals surface area contributed by atoms with Gasteiger partial charge in [0.15, 0.2) is 0 Å². The summed E-state index contributed by atoms with van der Waals surface area (Å²) in [7, 11) is 1.81. The number of methoxy groups -OCH3 is 1. The molecule has 1 aromatic carbocycles. The molecule has 0 saturated heterocycles. The maximum absolute atomic E-state index is 5.33. The molecule has 0 fully saturated rings. The normalized spacial score (nSPS) is 12.9. The Bertz CT molecular complexity index is 329. The van der Waals surface area contributed by atoms with Gasteiger partial charge in [-0.25, -0.2) is 0 Å². The van der Waals surface area contributed by atoms with Crippen LogP contribution in [0, 0.1) is 5.92 Å². The zero-order valence-electron chi connectivity index (χ0n) is 12.5. The minimum Gasteiger partial charge on any atom is -0.384 e. The van der Waals surface area contributed by atoms with Crippen LogP contribution < -0.4 is 0 Å². The van der Waals surface area contributed by atoms with Crippen LogP contribution in [0.4, 0.5) is 0 Å². The van der Waals surface area contributed by atoms with Gasteiger partial charge in [-0.2, -0.15) is 0 Å². The SMILES string of the molecule is CCCCCCC(CC=Cc1ccccc1)COC. The summed E-state index contributed by atoms with van der Waals surface area (Å²) in [6.07, 6.45) is 12.3. The maximum atomic E-state index is 5.33. The van der Waals surface area contributed by atoms with Gasteiger partial charge in [0.25, 0.3) is 0 Å². The van der Waals surface area contributed by atoms with E-state index in [1.54, 1.807) is 7.11 Å². The van der Waals surface area contributed by atoms with Gasteiger partial charge in [-0.1, -0.05) is 75.1 Å². The summed E-state index contributed by atoms with van der Waals surface area (Å²) in [5, 5.41) is 0. The van der Waals surface area contributed by atoms with Crippen molar-refractivity contribution >= 4 is 6.08 Å². The molecule has 1 atom stereocenters. The zero-order valence-corrected chi connectivity index (χ0v) is 12.5. The Morgan fingerprint density at radius 1 is 1.11 bits per heavy atom. The highest BCUT2D eigenvalue weighted by Crippen LogP contribution is 2.16. The number of hydrogen-bond acceptors (Lipinski definition) is 1. The maximum Gasteiger partial charge on any atom is 0.0493 e. The highest BCUT2D eigenvalue weighted by molar-refractivity contribution is 5.48. The Morgan fingerprint density at radius 2 is 1.89 bits per heavy atom. The topological polar surface area (TPSA) is 9.23 Å². The number of ether oxygens (including phenoxy) is 1. The van der Waals surface area contributed by atoms with Crippen LogP contribution in [0.25, 0.3) is 6.08 Å². The monoisotopic (exact) mass is 260 g/mol. The van der Waals surface area contributed by atoms with Crippen molar-refractivity contribution in [3.05, 3.63) is 42.0 Å². The largest absolute Gasteiger partial charge is 0.384 e. The van der Waals surface area contributed by atoms with Crippen LogP contribution in [0.15, 0.2) is 36.4 Å². The second-order valence-electron chi connectivity index (χ2n) is 5.22. The van der Waals surface area contributed by atoms with Crippen LogP contribution in [0.5, 0.6) is 0 Å². The van der Waals surface area contributed by atoms with Gasteiger partial charge in [0, 0.05) is 13.7 Å². The summed E-state index contributed by atoms with van der Waals surface area (Å²) in [6.45, 7) is 3.14. The first-order valence-electron chi connectivity index (χ1n) is 7.57. The number of unbranched alkanes of at least 4 members (excludes halogenated alkanes) is 3. The van der Waals surface area contributed by atoms with Gasteiger partial charge in [0.05, 0.1) is 0 Å². The predicted molar refractivity (Wildman–Crippen MR) is 84.2 cm³/mol. The first-order valence-corrected chi connectivity index (χ1v) is 7.57. The van der Waals surface area contributed by atoms with Crippen molar-refractivity contribution in [3.8, 4) is 0 Å². The molecule has 0 aliphatic rings. The number of rotatable bonds is 10. The molecule has 0 heterocycles. The van der Waals surface area contributed by atoms with Gasteiger partial charge in [0.2, 0.25) is 0 Å². The van der Waals surface area contributed by atoms with E-state index in [4.69, 9.17) is 4.74 Å². The van der Waals surface area contributed by atoms with Gasteiger partial charge in [0.1, 0.15) is 0 Å². The Hall–Kier alpha value is -1.08. The van der Waals surface area contributed by atoms with Crippen LogP contribution in [0.2, 0.25) is 0 Å². The number of benzene rings is 1. The van der Waals surface area contributed by atoms with E-state index in [9.17, 15) is 0 Å². The molecule has 0 amide bonds. The molecule has 0 bridgehead atoms. The van der Waals surface area contributed by atoms with E-state index >= 15 is 0 Å². The van der Waals surface area contributed by atoms with Crippen LogP contribution in [-0.2, 0) is 4.74 Å². The fourth-order valence-corrected chi connectivity index (χ4v) is 2.33. The standard InChI is InChI=1S/C18H28O/c1-3-4-5-7-13-18(16-19-2)15-10-14-17-11-8-6-9-12-17/h6,8-12,14,18H,3-5,7,13,15-16H2,1-2H3. The molecular weight excluding hydrogens is 232 g/mol. The predicted octanol–water partition coefficient (Wildman–Crippen LogP) is 5.32. The van der Waals surface area contributed by atoms with Crippen molar-refractivity contribution in [1.29, 1.82) is 0 Å². The van der Waals surface area contributed by atoms with Crippen LogP contribution >= 0.6 is 0 Å². The molecule has 106 valence electrons. The third-order valence-electron chi connectivity index (χ3n) is 3.45. The molecule has 0 radical (unpaired) electrons. The smallest absolute Gasteiger partial charge is 0.0493 e. The van der Waals surface area contributed by atoms with E-state index in [0.29, 0.717) is 5.92 Å². The summed E-state index contributed by atoms with van der Waals surface area (Å²) in [6, 6.07) is 10.5. The van der Waals surface area contributed by atoms with Crippen molar-refractivity contribution in [1.82, 2.24) is 0 Å². The quantitative estimate of drug-likeness (QED) is 0.517. The van der Waals surface area contributed by atoms with Crippen molar-refractivity contribution in [2.45, 2.75) is 45.4 Å². The summed E-state index contributed by atoms with van der Waals surface area (Å²) in [5.74, 6) is 0.668. The molecule has 1 aromatic rings. The molecule has 1 unspecified atom stereocenters. The lowest BCUT2D eigenvalue weighted by Crippen LogP contribution is -2.07. The van der Waals surface area contributed by atoms with Crippen molar-refractivity contribution in [2.24, 2.45) is 5.92 Å². The molecule has 19 heavy (non-hydrogen) atoms. The van der Waals surface area contributed by atoms with Gasteiger partial charge < -0.3 is 4.74 Å². The summed E-state index contributed by atoms with van der Waals surface area (Å²) in [4.78, 5) is 0. The van der Waals surface area contributed by atoms with Crippen molar-refractivity contribution in [3.63, 3.8) is 0 Å². The molecule has 0 saturated carbocycles. The summed E-state index contributed by atoms with van der Waals surface area (Å²) in [5.41, 5.74) is 1.28. The second kappa shape index (κ2) is 10.8. The van der Waals surface area contributed by atoms with Gasteiger partial charge in [-0.3, -0.25) is 0 Å². The van der Waals surface area contributed by atoms with Gasteiger partial charge >= 0.3 is 0 Å². The Labute approximate surface area is 118 Å². The van der Waals surface area contributed by atoms with E-state index < -0.39 is 0 Å². The van der Waals surface area contributed by atoms with E-state index in [1.807, 2.05) is 0 Å². The van der Waals surface area contributed by atoms with Crippen molar-refractivity contribution in [2.75, 3.05) is 13.7 Å². The lowest BCUT2D eigenvalue weighted by Gasteiger charge is -2.13. The third kappa shape index (κ3) is 7.84.